The lowest BCUT2D eigenvalue weighted by molar-refractivity contribution is 0.323. The molecule has 5 heteroatoms. The molecule has 84 valence electrons. The first-order valence-electron chi connectivity index (χ1n) is 4.87. The van der Waals surface area contributed by atoms with Gasteiger partial charge in [-0.05, 0) is 24.7 Å². The van der Waals surface area contributed by atoms with Crippen molar-refractivity contribution in [1.29, 1.82) is 0 Å². The molecular formula is C9H20N2O2S. The molecule has 1 rings (SSSR count). The summed E-state index contributed by atoms with van der Waals surface area (Å²) in [5, 5.41) is 0. The van der Waals surface area contributed by atoms with E-state index < -0.39 is 15.6 Å². The molecule has 0 spiro atoms. The van der Waals surface area contributed by atoms with Crippen molar-refractivity contribution in [3.8, 4) is 0 Å². The van der Waals surface area contributed by atoms with Gasteiger partial charge in [-0.15, -0.1) is 0 Å². The number of hydrogen-bond donors (Lipinski definition) is 2. The lowest BCUT2D eigenvalue weighted by atomic mass is 9.88. The van der Waals surface area contributed by atoms with E-state index >= 15 is 0 Å². The summed E-state index contributed by atoms with van der Waals surface area (Å²) in [5.41, 5.74) is 5.46. The quantitative estimate of drug-likeness (QED) is 0.725. The molecule has 0 aromatic carbocycles. The van der Waals surface area contributed by atoms with Crippen molar-refractivity contribution >= 4 is 10.0 Å². The second-order valence-electron chi connectivity index (χ2n) is 5.20. The van der Waals surface area contributed by atoms with Gasteiger partial charge < -0.3 is 5.73 Å². The number of rotatable bonds is 3. The van der Waals surface area contributed by atoms with Crippen molar-refractivity contribution in [2.45, 2.75) is 38.6 Å². The van der Waals surface area contributed by atoms with Crippen molar-refractivity contribution in [3.63, 3.8) is 0 Å². The van der Waals surface area contributed by atoms with Gasteiger partial charge in [-0.3, -0.25) is 0 Å². The van der Waals surface area contributed by atoms with Gasteiger partial charge in [-0.25, -0.2) is 13.1 Å². The monoisotopic (exact) mass is 220 g/mol. The minimum atomic E-state index is -3.16. The van der Waals surface area contributed by atoms with Crippen LogP contribution in [0.1, 0.15) is 33.1 Å². The van der Waals surface area contributed by atoms with Crippen LogP contribution in [0, 0.1) is 5.41 Å². The Hall–Kier alpha value is -0.130. The molecule has 1 aliphatic carbocycles. The summed E-state index contributed by atoms with van der Waals surface area (Å²) in [6.45, 7) is 4.67. The molecule has 0 bridgehead atoms. The van der Waals surface area contributed by atoms with Crippen LogP contribution in [0.15, 0.2) is 0 Å². The minimum absolute atomic E-state index is 0.192. The lowest BCUT2D eigenvalue weighted by Gasteiger charge is -2.29. The third kappa shape index (κ3) is 2.93. The van der Waals surface area contributed by atoms with Gasteiger partial charge in [0.15, 0.2) is 0 Å². The van der Waals surface area contributed by atoms with Crippen molar-refractivity contribution < 1.29 is 8.42 Å². The summed E-state index contributed by atoms with van der Waals surface area (Å²) in [4.78, 5) is 0. The Kier molecular flexibility index (Phi) is 2.96. The smallest absolute Gasteiger partial charge is 0.209 e. The Balaban J connectivity index is 2.81. The molecule has 0 unspecified atom stereocenters. The summed E-state index contributed by atoms with van der Waals surface area (Å²) >= 11 is 0. The number of nitrogens with one attached hydrogen (secondary N) is 1. The van der Waals surface area contributed by atoms with E-state index in [1.165, 1.54) is 6.26 Å². The molecule has 1 aliphatic rings. The fourth-order valence-corrected chi connectivity index (χ4v) is 3.41. The Morgan fingerprint density at radius 1 is 1.36 bits per heavy atom. The molecule has 0 amide bonds. The van der Waals surface area contributed by atoms with Crippen LogP contribution in [0.3, 0.4) is 0 Å². The van der Waals surface area contributed by atoms with E-state index in [0.717, 1.165) is 19.3 Å². The highest BCUT2D eigenvalue weighted by atomic mass is 32.2. The zero-order chi connectivity index (χ0) is 11.0. The average Bonchev–Trinajstić information content (AvgIpc) is 2.24. The van der Waals surface area contributed by atoms with E-state index in [9.17, 15) is 8.42 Å². The molecule has 0 heterocycles. The Labute approximate surface area is 86.3 Å². The maximum absolute atomic E-state index is 11.2. The number of nitrogens with two attached hydrogens (primary N) is 1. The first kappa shape index (κ1) is 11.9. The molecule has 4 nitrogen and oxygen atoms in total. The third-order valence-corrected chi connectivity index (χ3v) is 3.69. The Morgan fingerprint density at radius 3 is 2.21 bits per heavy atom. The zero-order valence-corrected chi connectivity index (χ0v) is 9.95. The molecule has 0 radical (unpaired) electrons. The van der Waals surface area contributed by atoms with E-state index in [-0.39, 0.29) is 5.41 Å². The van der Waals surface area contributed by atoms with E-state index in [0.29, 0.717) is 6.54 Å². The lowest BCUT2D eigenvalue weighted by Crippen LogP contribution is -2.51. The van der Waals surface area contributed by atoms with E-state index in [4.69, 9.17) is 5.73 Å². The number of hydrogen-bond acceptors (Lipinski definition) is 3. The van der Waals surface area contributed by atoms with E-state index in [1.54, 1.807) is 0 Å². The van der Waals surface area contributed by atoms with Crippen LogP contribution in [-0.4, -0.2) is 26.8 Å². The van der Waals surface area contributed by atoms with Crippen LogP contribution in [0.5, 0.6) is 0 Å². The summed E-state index contributed by atoms with van der Waals surface area (Å²) in [5.74, 6) is 0. The van der Waals surface area contributed by atoms with Gasteiger partial charge in [0.25, 0.3) is 0 Å². The highest BCUT2D eigenvalue weighted by Gasteiger charge is 2.43. The molecule has 1 fully saturated rings. The van der Waals surface area contributed by atoms with Crippen LogP contribution < -0.4 is 10.5 Å². The fraction of sp³-hybridized carbons (Fsp3) is 1.00. The summed E-state index contributed by atoms with van der Waals surface area (Å²) < 4.78 is 25.1. The second-order valence-corrected chi connectivity index (χ2v) is 6.95. The minimum Gasteiger partial charge on any atom is -0.329 e. The van der Waals surface area contributed by atoms with Gasteiger partial charge in [0.1, 0.15) is 0 Å². The van der Waals surface area contributed by atoms with Crippen molar-refractivity contribution in [2.24, 2.45) is 11.1 Å². The predicted octanol–water partition coefficient (Wildman–Crippen LogP) is 0.443. The summed E-state index contributed by atoms with van der Waals surface area (Å²) in [6, 6.07) is 0. The molecular weight excluding hydrogens is 200 g/mol. The van der Waals surface area contributed by atoms with Crippen LogP contribution in [0.25, 0.3) is 0 Å². The van der Waals surface area contributed by atoms with Crippen LogP contribution in [-0.2, 0) is 10.0 Å². The van der Waals surface area contributed by atoms with Crippen LogP contribution in [0.4, 0.5) is 0 Å². The largest absolute Gasteiger partial charge is 0.329 e. The first-order valence-corrected chi connectivity index (χ1v) is 6.76. The van der Waals surface area contributed by atoms with Crippen LogP contribution in [0.2, 0.25) is 0 Å². The molecule has 0 aliphatic heterocycles. The van der Waals surface area contributed by atoms with Gasteiger partial charge in [-0.1, -0.05) is 13.8 Å². The van der Waals surface area contributed by atoms with Gasteiger partial charge >= 0.3 is 0 Å². The highest BCUT2D eigenvalue weighted by molar-refractivity contribution is 7.88. The maximum atomic E-state index is 11.2. The summed E-state index contributed by atoms with van der Waals surface area (Å²) in [6.07, 6.45) is 3.87. The molecule has 0 saturated heterocycles. The second kappa shape index (κ2) is 3.47. The SMILES string of the molecule is CC1(C)CC[C@](CN)(NS(C)(=O)=O)C1. The molecule has 0 aromatic heterocycles. The maximum Gasteiger partial charge on any atom is 0.209 e. The first-order chi connectivity index (χ1) is 6.18. The molecule has 3 N–H and O–H groups in total. The van der Waals surface area contributed by atoms with Crippen molar-refractivity contribution in [1.82, 2.24) is 4.72 Å². The predicted molar refractivity (Wildman–Crippen MR) is 57.4 cm³/mol. The Morgan fingerprint density at radius 2 is 1.93 bits per heavy atom. The summed E-state index contributed by atoms with van der Waals surface area (Å²) in [7, 11) is -3.16. The standard InChI is InChI=1S/C9H20N2O2S/c1-8(2)4-5-9(6-8,7-10)11-14(3,12)13/h11H,4-7,10H2,1-3H3/t9-/m0/s1. The van der Waals surface area contributed by atoms with Crippen molar-refractivity contribution in [2.75, 3.05) is 12.8 Å². The van der Waals surface area contributed by atoms with Crippen LogP contribution >= 0.6 is 0 Å². The topological polar surface area (TPSA) is 72.2 Å². The fourth-order valence-electron chi connectivity index (χ4n) is 2.37. The molecule has 1 atom stereocenters. The molecule has 0 aromatic rings. The van der Waals surface area contributed by atoms with Gasteiger partial charge in [0.05, 0.1) is 6.26 Å². The third-order valence-electron chi connectivity index (χ3n) is 2.89. The highest BCUT2D eigenvalue weighted by Crippen LogP contribution is 2.43. The van der Waals surface area contributed by atoms with Crippen molar-refractivity contribution in [3.05, 3.63) is 0 Å². The van der Waals surface area contributed by atoms with Gasteiger partial charge in [-0.2, -0.15) is 0 Å². The van der Waals surface area contributed by atoms with Gasteiger partial charge in [0, 0.05) is 12.1 Å². The zero-order valence-electron chi connectivity index (χ0n) is 9.13. The normalized spacial score (nSPS) is 32.0. The van der Waals surface area contributed by atoms with Gasteiger partial charge in [0.2, 0.25) is 10.0 Å². The molecule has 14 heavy (non-hydrogen) atoms. The van der Waals surface area contributed by atoms with E-state index in [1.807, 2.05) is 0 Å². The number of sulfonamides is 1. The average molecular weight is 220 g/mol. The molecule has 1 saturated carbocycles. The Bertz CT molecular complexity index is 311. The van der Waals surface area contributed by atoms with E-state index in [2.05, 4.69) is 18.6 Å².